The Balaban J connectivity index is 3.03. The molecule has 0 heterocycles. The van der Waals surface area contributed by atoms with Gasteiger partial charge in [0.05, 0.1) is 6.26 Å². The molecule has 0 aromatic carbocycles. The molecular formula is C3H6O2S. The fourth-order valence-electron chi connectivity index (χ4n) is 0.0770. The minimum absolute atomic E-state index is 0.748. The Kier molecular flexibility index (Phi) is 2.98. The number of aliphatic hydroxyl groups excluding tert-OH is 2. The second kappa shape index (κ2) is 3.06. The second-order valence-electron chi connectivity index (χ2n) is 0.755. The van der Waals surface area contributed by atoms with Crippen molar-refractivity contribution in [1.82, 2.24) is 0 Å². The first-order valence-corrected chi connectivity index (χ1v) is 1.96. The summed E-state index contributed by atoms with van der Waals surface area (Å²) >= 11 is 3.49. The third-order valence-electron chi connectivity index (χ3n) is 0.258. The Hall–Kier alpha value is -0.150. The van der Waals surface area contributed by atoms with Crippen molar-refractivity contribution in [1.29, 1.82) is 0 Å². The zero-order valence-corrected chi connectivity index (χ0v) is 3.97. The van der Waals surface area contributed by atoms with Gasteiger partial charge in [-0.1, -0.05) is 0 Å². The van der Waals surface area contributed by atoms with Gasteiger partial charge in [0.1, 0.15) is 5.44 Å². The van der Waals surface area contributed by atoms with E-state index in [4.69, 9.17) is 10.2 Å². The van der Waals surface area contributed by atoms with E-state index in [-0.39, 0.29) is 0 Å². The van der Waals surface area contributed by atoms with Crippen molar-refractivity contribution in [2.75, 3.05) is 0 Å². The van der Waals surface area contributed by atoms with Crippen molar-refractivity contribution in [2.24, 2.45) is 0 Å². The van der Waals surface area contributed by atoms with Gasteiger partial charge in [0.2, 0.25) is 0 Å². The van der Waals surface area contributed by atoms with Gasteiger partial charge in [0.15, 0.2) is 0 Å². The van der Waals surface area contributed by atoms with E-state index < -0.39 is 5.44 Å². The highest BCUT2D eigenvalue weighted by molar-refractivity contribution is 7.80. The van der Waals surface area contributed by atoms with Gasteiger partial charge in [-0.15, -0.1) is 12.6 Å². The summed E-state index contributed by atoms with van der Waals surface area (Å²) in [5.74, 6) is 0. The molecule has 0 aliphatic heterocycles. The lowest BCUT2D eigenvalue weighted by Crippen LogP contribution is -1.85. The maximum absolute atomic E-state index is 8.17. The van der Waals surface area contributed by atoms with Crippen LogP contribution in [0.5, 0.6) is 0 Å². The predicted octanol–water partition coefficient (Wildman–Crippen LogP) is 0.306. The van der Waals surface area contributed by atoms with Crippen LogP contribution in [0.3, 0.4) is 0 Å². The third-order valence-corrected chi connectivity index (χ3v) is 0.430. The van der Waals surface area contributed by atoms with Crippen LogP contribution in [0.2, 0.25) is 0 Å². The van der Waals surface area contributed by atoms with Gasteiger partial charge in [-0.05, 0) is 6.08 Å². The van der Waals surface area contributed by atoms with Crippen molar-refractivity contribution in [2.45, 2.75) is 5.44 Å². The highest BCUT2D eigenvalue weighted by Gasteiger charge is 1.80. The summed E-state index contributed by atoms with van der Waals surface area (Å²) in [6.07, 6.45) is 1.89. The van der Waals surface area contributed by atoms with Crippen LogP contribution in [-0.4, -0.2) is 15.6 Å². The lowest BCUT2D eigenvalue weighted by molar-refractivity contribution is 0.307. The molecule has 0 aromatic heterocycles. The van der Waals surface area contributed by atoms with E-state index in [2.05, 4.69) is 12.6 Å². The Bertz CT molecular complexity index is 50.8. The molecule has 0 aromatic rings. The SMILES string of the molecule is OC=CC(O)S. The highest BCUT2D eigenvalue weighted by atomic mass is 32.1. The predicted molar refractivity (Wildman–Crippen MR) is 26.8 cm³/mol. The Morgan fingerprint density at radius 3 is 2.17 bits per heavy atom. The van der Waals surface area contributed by atoms with Crippen molar-refractivity contribution in [3.63, 3.8) is 0 Å². The number of thiol groups is 1. The molecule has 3 heteroatoms. The molecular weight excluding hydrogens is 100 g/mol. The van der Waals surface area contributed by atoms with Gasteiger partial charge in [0.25, 0.3) is 0 Å². The van der Waals surface area contributed by atoms with Crippen LogP contribution in [0, 0.1) is 0 Å². The van der Waals surface area contributed by atoms with Gasteiger partial charge in [-0.3, -0.25) is 0 Å². The fourth-order valence-corrected chi connectivity index (χ4v) is 0.154. The van der Waals surface area contributed by atoms with E-state index in [1.165, 1.54) is 0 Å². The smallest absolute Gasteiger partial charge is 0.118 e. The Morgan fingerprint density at radius 1 is 1.67 bits per heavy atom. The van der Waals surface area contributed by atoms with E-state index in [0.717, 1.165) is 12.3 Å². The van der Waals surface area contributed by atoms with Gasteiger partial charge in [-0.2, -0.15) is 0 Å². The summed E-state index contributed by atoms with van der Waals surface area (Å²) in [6.45, 7) is 0. The molecule has 36 valence electrons. The van der Waals surface area contributed by atoms with Crippen molar-refractivity contribution < 1.29 is 10.2 Å². The van der Waals surface area contributed by atoms with Crippen LogP contribution in [0.4, 0.5) is 0 Å². The minimum Gasteiger partial charge on any atom is -0.516 e. The summed E-state index contributed by atoms with van der Waals surface area (Å²) in [6, 6.07) is 0. The molecule has 1 unspecified atom stereocenters. The summed E-state index contributed by atoms with van der Waals surface area (Å²) in [4.78, 5) is 0. The van der Waals surface area contributed by atoms with Crippen LogP contribution >= 0.6 is 12.6 Å². The monoisotopic (exact) mass is 106 g/mol. The zero-order chi connectivity index (χ0) is 4.99. The average Bonchev–Trinajstić information content (AvgIpc) is 1.35. The quantitative estimate of drug-likeness (QED) is 0.256. The molecule has 0 fully saturated rings. The summed E-state index contributed by atoms with van der Waals surface area (Å²) in [5.41, 5.74) is -0.838. The highest BCUT2D eigenvalue weighted by Crippen LogP contribution is 1.86. The largest absolute Gasteiger partial charge is 0.516 e. The molecule has 0 aliphatic rings. The maximum atomic E-state index is 8.17. The molecule has 0 amide bonds. The van der Waals surface area contributed by atoms with Crippen LogP contribution in [0.1, 0.15) is 0 Å². The van der Waals surface area contributed by atoms with E-state index in [1.54, 1.807) is 0 Å². The number of aliphatic hydroxyl groups is 2. The van der Waals surface area contributed by atoms with Gasteiger partial charge in [0, 0.05) is 0 Å². The maximum Gasteiger partial charge on any atom is 0.118 e. The molecule has 0 radical (unpaired) electrons. The van der Waals surface area contributed by atoms with E-state index in [1.807, 2.05) is 0 Å². The van der Waals surface area contributed by atoms with Crippen molar-refractivity contribution in [3.8, 4) is 0 Å². The van der Waals surface area contributed by atoms with Gasteiger partial charge >= 0.3 is 0 Å². The molecule has 0 rings (SSSR count). The summed E-state index contributed by atoms with van der Waals surface area (Å²) in [7, 11) is 0. The van der Waals surface area contributed by atoms with E-state index in [0.29, 0.717) is 0 Å². The van der Waals surface area contributed by atoms with E-state index >= 15 is 0 Å². The standard InChI is InChI=1S/C3H6O2S/c4-2-1-3(5)6/h1-6H. The summed E-state index contributed by atoms with van der Waals surface area (Å²) < 4.78 is 0. The minimum atomic E-state index is -0.838. The average molecular weight is 106 g/mol. The Morgan fingerprint density at radius 2 is 2.17 bits per heavy atom. The molecule has 6 heavy (non-hydrogen) atoms. The topological polar surface area (TPSA) is 40.5 Å². The van der Waals surface area contributed by atoms with Crippen LogP contribution in [0.25, 0.3) is 0 Å². The van der Waals surface area contributed by atoms with Gasteiger partial charge in [-0.25, -0.2) is 0 Å². The molecule has 0 aliphatic carbocycles. The van der Waals surface area contributed by atoms with Crippen LogP contribution in [0.15, 0.2) is 12.3 Å². The Labute approximate surface area is 41.5 Å². The van der Waals surface area contributed by atoms with Crippen molar-refractivity contribution in [3.05, 3.63) is 12.3 Å². The van der Waals surface area contributed by atoms with Crippen LogP contribution < -0.4 is 0 Å². The molecule has 0 bridgehead atoms. The second-order valence-corrected chi connectivity index (χ2v) is 1.28. The first-order valence-electron chi connectivity index (χ1n) is 1.44. The normalized spacial score (nSPS) is 15.7. The molecule has 1 atom stereocenters. The number of hydrogen-bond acceptors (Lipinski definition) is 3. The molecule has 0 spiro atoms. The molecule has 0 saturated heterocycles. The summed E-state index contributed by atoms with van der Waals surface area (Å²) in [5, 5.41) is 16.0. The third kappa shape index (κ3) is 3.85. The first kappa shape index (κ1) is 5.85. The van der Waals surface area contributed by atoms with Gasteiger partial charge < -0.3 is 10.2 Å². The van der Waals surface area contributed by atoms with Crippen molar-refractivity contribution >= 4 is 12.6 Å². The number of rotatable bonds is 1. The van der Waals surface area contributed by atoms with E-state index in [9.17, 15) is 0 Å². The molecule has 0 saturated carbocycles. The molecule has 2 nitrogen and oxygen atoms in total. The fraction of sp³-hybridized carbons (Fsp3) is 0.333. The zero-order valence-electron chi connectivity index (χ0n) is 3.07. The lowest BCUT2D eigenvalue weighted by Gasteiger charge is -1.85. The van der Waals surface area contributed by atoms with Crippen LogP contribution in [-0.2, 0) is 0 Å². The molecule has 2 N–H and O–H groups in total. The number of hydrogen-bond donors (Lipinski definition) is 3. The lowest BCUT2D eigenvalue weighted by atomic mass is 10.7. The first-order chi connectivity index (χ1) is 2.77.